The Kier molecular flexibility index (Phi) is 5.71. The summed E-state index contributed by atoms with van der Waals surface area (Å²) >= 11 is 0. The first-order valence-corrected chi connectivity index (χ1v) is 8.68. The van der Waals surface area contributed by atoms with E-state index in [2.05, 4.69) is 16.1 Å². The van der Waals surface area contributed by atoms with E-state index in [0.29, 0.717) is 5.56 Å². The van der Waals surface area contributed by atoms with E-state index in [1.807, 2.05) is 18.2 Å². The number of fused-ring (bicyclic) bond motifs is 1. The van der Waals surface area contributed by atoms with E-state index in [1.165, 1.54) is 23.8 Å². The zero-order chi connectivity index (χ0) is 18.5. The average molecular weight is 361 g/mol. The summed E-state index contributed by atoms with van der Waals surface area (Å²) in [5.41, 5.74) is 2.73. The van der Waals surface area contributed by atoms with Crippen molar-refractivity contribution in [1.29, 1.82) is 0 Å². The molecule has 1 aliphatic carbocycles. The van der Waals surface area contributed by atoms with Gasteiger partial charge < -0.3 is 14.8 Å². The number of ether oxygens (including phenoxy) is 2. The zero-order valence-corrected chi connectivity index (χ0v) is 14.5. The number of rotatable bonds is 6. The molecule has 1 atom stereocenters. The molecule has 0 unspecified atom stereocenters. The molecule has 0 aromatic heterocycles. The number of alkyl halides is 2. The SMILES string of the molecule is CCOc1cc(C(=O)N[C@H]2CCCc3ccccc32)ccc1OC(F)F. The maximum absolute atomic E-state index is 12.7. The minimum atomic E-state index is -2.95. The molecule has 0 heterocycles. The van der Waals surface area contributed by atoms with Gasteiger partial charge >= 0.3 is 6.61 Å². The van der Waals surface area contributed by atoms with Crippen LogP contribution in [0.1, 0.15) is 47.3 Å². The van der Waals surface area contributed by atoms with Gasteiger partial charge in [-0.1, -0.05) is 24.3 Å². The van der Waals surface area contributed by atoms with Crippen LogP contribution in [0.25, 0.3) is 0 Å². The Morgan fingerprint density at radius 3 is 2.81 bits per heavy atom. The highest BCUT2D eigenvalue weighted by atomic mass is 19.3. The molecular formula is C20H21F2NO3. The van der Waals surface area contributed by atoms with Crippen LogP contribution in [-0.2, 0) is 6.42 Å². The third kappa shape index (κ3) is 4.12. The highest BCUT2D eigenvalue weighted by Crippen LogP contribution is 2.32. The molecule has 0 saturated heterocycles. The Morgan fingerprint density at radius 1 is 1.23 bits per heavy atom. The molecule has 26 heavy (non-hydrogen) atoms. The minimum absolute atomic E-state index is 0.0556. The van der Waals surface area contributed by atoms with Gasteiger partial charge in [0, 0.05) is 5.56 Å². The molecule has 4 nitrogen and oxygen atoms in total. The number of amides is 1. The molecule has 2 aromatic carbocycles. The minimum Gasteiger partial charge on any atom is -0.490 e. The molecule has 1 amide bonds. The monoisotopic (exact) mass is 361 g/mol. The van der Waals surface area contributed by atoms with Crippen molar-refractivity contribution in [2.75, 3.05) is 6.61 Å². The van der Waals surface area contributed by atoms with Gasteiger partial charge in [-0.3, -0.25) is 4.79 Å². The van der Waals surface area contributed by atoms with Crippen molar-refractivity contribution >= 4 is 5.91 Å². The molecule has 138 valence electrons. The topological polar surface area (TPSA) is 47.6 Å². The molecule has 1 aliphatic rings. The number of carbonyl (C=O) groups is 1. The summed E-state index contributed by atoms with van der Waals surface area (Å²) < 4.78 is 34.8. The van der Waals surface area contributed by atoms with Crippen molar-refractivity contribution in [1.82, 2.24) is 5.32 Å². The van der Waals surface area contributed by atoms with E-state index in [-0.39, 0.29) is 30.1 Å². The molecular weight excluding hydrogens is 340 g/mol. The molecule has 3 rings (SSSR count). The first kappa shape index (κ1) is 18.2. The lowest BCUT2D eigenvalue weighted by Gasteiger charge is -2.26. The fraction of sp³-hybridized carbons (Fsp3) is 0.350. The summed E-state index contributed by atoms with van der Waals surface area (Å²) in [6.07, 6.45) is 2.89. The maximum atomic E-state index is 12.7. The number of carbonyl (C=O) groups excluding carboxylic acids is 1. The van der Waals surface area contributed by atoms with Crippen LogP contribution in [0.15, 0.2) is 42.5 Å². The Balaban J connectivity index is 1.79. The molecule has 1 N–H and O–H groups in total. The van der Waals surface area contributed by atoms with E-state index in [1.54, 1.807) is 6.92 Å². The second-order valence-electron chi connectivity index (χ2n) is 6.09. The summed E-state index contributed by atoms with van der Waals surface area (Å²) in [4.78, 5) is 12.7. The number of hydrogen-bond donors (Lipinski definition) is 1. The Bertz CT molecular complexity index is 779. The Hall–Kier alpha value is -2.63. The quantitative estimate of drug-likeness (QED) is 0.824. The molecule has 0 saturated carbocycles. The van der Waals surface area contributed by atoms with Crippen LogP contribution >= 0.6 is 0 Å². The fourth-order valence-electron chi connectivity index (χ4n) is 3.26. The molecule has 0 spiro atoms. The van der Waals surface area contributed by atoms with Gasteiger partial charge in [-0.2, -0.15) is 8.78 Å². The van der Waals surface area contributed by atoms with Gasteiger partial charge in [0.1, 0.15) is 0 Å². The van der Waals surface area contributed by atoms with Crippen molar-refractivity contribution in [2.24, 2.45) is 0 Å². The van der Waals surface area contributed by atoms with Gasteiger partial charge in [0.15, 0.2) is 11.5 Å². The Morgan fingerprint density at radius 2 is 2.04 bits per heavy atom. The van der Waals surface area contributed by atoms with Crippen molar-refractivity contribution in [3.63, 3.8) is 0 Å². The van der Waals surface area contributed by atoms with E-state index < -0.39 is 6.61 Å². The predicted octanol–water partition coefficient (Wildman–Crippen LogP) is 4.49. The maximum Gasteiger partial charge on any atom is 0.387 e. The second kappa shape index (κ2) is 8.17. The van der Waals surface area contributed by atoms with Crippen LogP contribution in [0.3, 0.4) is 0 Å². The largest absolute Gasteiger partial charge is 0.490 e. The summed E-state index contributed by atoms with van der Waals surface area (Å²) in [5, 5.41) is 3.04. The van der Waals surface area contributed by atoms with Crippen molar-refractivity contribution in [3.8, 4) is 11.5 Å². The van der Waals surface area contributed by atoms with Gasteiger partial charge in [0.25, 0.3) is 5.91 Å². The third-order valence-corrected chi connectivity index (χ3v) is 4.40. The average Bonchev–Trinajstić information content (AvgIpc) is 2.63. The van der Waals surface area contributed by atoms with Crippen LogP contribution in [0, 0.1) is 0 Å². The van der Waals surface area contributed by atoms with Gasteiger partial charge in [-0.15, -0.1) is 0 Å². The van der Waals surface area contributed by atoms with E-state index >= 15 is 0 Å². The van der Waals surface area contributed by atoms with Gasteiger partial charge in [0.05, 0.1) is 12.6 Å². The van der Waals surface area contributed by atoms with Crippen LogP contribution in [0.4, 0.5) is 8.78 Å². The second-order valence-corrected chi connectivity index (χ2v) is 6.09. The molecule has 2 aromatic rings. The van der Waals surface area contributed by atoms with Crippen molar-refractivity contribution in [3.05, 3.63) is 59.2 Å². The molecule has 6 heteroatoms. The zero-order valence-electron chi connectivity index (χ0n) is 14.5. The first-order chi connectivity index (χ1) is 12.6. The van der Waals surface area contributed by atoms with Gasteiger partial charge in [-0.05, 0) is 55.5 Å². The fourth-order valence-corrected chi connectivity index (χ4v) is 3.26. The summed E-state index contributed by atoms with van der Waals surface area (Å²) in [5.74, 6) is -0.220. The summed E-state index contributed by atoms with van der Waals surface area (Å²) in [7, 11) is 0. The molecule has 0 radical (unpaired) electrons. The lowest BCUT2D eigenvalue weighted by Crippen LogP contribution is -2.31. The summed E-state index contributed by atoms with van der Waals surface area (Å²) in [6, 6.07) is 12.3. The standard InChI is InChI=1S/C20H21F2NO3/c1-2-25-18-12-14(10-11-17(18)26-20(21)22)19(24)23-16-9-5-7-13-6-3-4-8-15(13)16/h3-4,6,8,10-12,16,20H,2,5,7,9H2,1H3,(H,23,24)/t16-/m0/s1. The van der Waals surface area contributed by atoms with Gasteiger partial charge in [0.2, 0.25) is 0 Å². The predicted molar refractivity (Wildman–Crippen MR) is 93.8 cm³/mol. The smallest absolute Gasteiger partial charge is 0.387 e. The number of benzene rings is 2. The normalized spacial score (nSPS) is 16.1. The van der Waals surface area contributed by atoms with Crippen molar-refractivity contribution in [2.45, 2.75) is 38.8 Å². The summed E-state index contributed by atoms with van der Waals surface area (Å²) in [6.45, 7) is -0.939. The lowest BCUT2D eigenvalue weighted by atomic mass is 9.87. The van der Waals surface area contributed by atoms with Gasteiger partial charge in [-0.25, -0.2) is 0 Å². The number of aryl methyl sites for hydroxylation is 1. The van der Waals surface area contributed by atoms with Crippen LogP contribution in [-0.4, -0.2) is 19.1 Å². The first-order valence-electron chi connectivity index (χ1n) is 8.68. The number of hydrogen-bond acceptors (Lipinski definition) is 3. The third-order valence-electron chi connectivity index (χ3n) is 4.40. The molecule has 0 aliphatic heterocycles. The highest BCUT2D eigenvalue weighted by molar-refractivity contribution is 5.95. The lowest BCUT2D eigenvalue weighted by molar-refractivity contribution is -0.0514. The van der Waals surface area contributed by atoms with Crippen molar-refractivity contribution < 1.29 is 23.0 Å². The highest BCUT2D eigenvalue weighted by Gasteiger charge is 2.22. The van der Waals surface area contributed by atoms with Crippen LogP contribution in [0.2, 0.25) is 0 Å². The number of nitrogens with one attached hydrogen (secondary N) is 1. The Labute approximate surface area is 151 Å². The van der Waals surface area contributed by atoms with E-state index in [4.69, 9.17) is 4.74 Å². The van der Waals surface area contributed by atoms with Crippen LogP contribution < -0.4 is 14.8 Å². The molecule has 0 fully saturated rings. The molecule has 0 bridgehead atoms. The number of halogens is 2. The van der Waals surface area contributed by atoms with Crippen LogP contribution in [0.5, 0.6) is 11.5 Å². The van der Waals surface area contributed by atoms with E-state index in [0.717, 1.165) is 24.8 Å². The van der Waals surface area contributed by atoms with E-state index in [9.17, 15) is 13.6 Å².